The molecule has 7 heteroatoms. The molecule has 134 valence electrons. The van der Waals surface area contributed by atoms with Gasteiger partial charge in [0.2, 0.25) is 5.91 Å². The third-order valence-corrected chi connectivity index (χ3v) is 3.81. The van der Waals surface area contributed by atoms with Crippen LogP contribution in [0.2, 0.25) is 0 Å². The molecule has 1 unspecified atom stereocenters. The Morgan fingerprint density at radius 2 is 1.96 bits per heavy atom. The third-order valence-electron chi connectivity index (χ3n) is 3.81. The highest BCUT2D eigenvalue weighted by molar-refractivity contribution is 5.76. The monoisotopic (exact) mass is 344 g/mol. The molecule has 2 aromatic rings. The van der Waals surface area contributed by atoms with Crippen molar-refractivity contribution in [1.29, 1.82) is 0 Å². The summed E-state index contributed by atoms with van der Waals surface area (Å²) in [6.45, 7) is 6.45. The molecule has 0 bridgehead atoms. The quantitative estimate of drug-likeness (QED) is 0.764. The number of nitrogens with one attached hydrogen (secondary N) is 2. The molecule has 1 heterocycles. The molecule has 2 N–H and O–H groups in total. The van der Waals surface area contributed by atoms with E-state index in [4.69, 9.17) is 4.74 Å². The summed E-state index contributed by atoms with van der Waals surface area (Å²) >= 11 is 0. The Morgan fingerprint density at radius 1 is 1.24 bits per heavy atom. The Balaban J connectivity index is 2.02. The summed E-state index contributed by atoms with van der Waals surface area (Å²) in [4.78, 5) is 26.7. The average molecular weight is 344 g/mol. The molecule has 0 saturated carbocycles. The number of hydrogen-bond acceptors (Lipinski definition) is 5. The molecule has 0 fully saturated rings. The number of H-pyrrole nitrogens is 1. The van der Waals surface area contributed by atoms with E-state index in [1.54, 1.807) is 0 Å². The predicted molar refractivity (Wildman–Crippen MR) is 95.5 cm³/mol. The molecule has 1 atom stereocenters. The molecule has 1 amide bonds. The van der Waals surface area contributed by atoms with E-state index in [1.807, 2.05) is 45.0 Å². The normalized spacial score (nSPS) is 11.8. The van der Waals surface area contributed by atoms with E-state index in [9.17, 15) is 9.59 Å². The van der Waals surface area contributed by atoms with Gasteiger partial charge in [-0.25, -0.2) is 0 Å². The number of ether oxygens (including phenoxy) is 1. The Hall–Kier alpha value is -2.70. The van der Waals surface area contributed by atoms with Crippen molar-refractivity contribution in [3.63, 3.8) is 0 Å². The second-order valence-corrected chi connectivity index (χ2v) is 5.78. The van der Waals surface area contributed by atoms with Gasteiger partial charge in [-0.05, 0) is 44.5 Å². The van der Waals surface area contributed by atoms with E-state index in [0.717, 1.165) is 17.7 Å². The molecule has 0 aliphatic rings. The van der Waals surface area contributed by atoms with E-state index in [-0.39, 0.29) is 36.0 Å². The number of aryl methyl sites for hydroxylation is 1. The van der Waals surface area contributed by atoms with Gasteiger partial charge >= 0.3 is 0 Å². The number of carbonyl (C=O) groups is 1. The number of aromatic nitrogens is 3. The van der Waals surface area contributed by atoms with E-state index in [2.05, 4.69) is 20.5 Å². The first kappa shape index (κ1) is 18.6. The summed E-state index contributed by atoms with van der Waals surface area (Å²) in [6.07, 6.45) is 1.33. The lowest BCUT2D eigenvalue weighted by Crippen LogP contribution is -2.32. The maximum absolute atomic E-state index is 12.2. The standard InChI is InChI=1S/C18H24N4O3/c1-4-12(3)19-16(23)11-10-15-18(24)20-17(22-21-15)13-6-8-14(9-7-13)25-5-2/h6-9,12H,4-5,10-11H2,1-3H3,(H,19,23)(H,20,22,24). The largest absolute Gasteiger partial charge is 0.494 e. The molecule has 7 nitrogen and oxygen atoms in total. The second-order valence-electron chi connectivity index (χ2n) is 5.78. The number of hydrogen-bond donors (Lipinski definition) is 2. The fourth-order valence-electron chi connectivity index (χ4n) is 2.21. The molecule has 25 heavy (non-hydrogen) atoms. The van der Waals surface area contributed by atoms with Crippen molar-refractivity contribution in [2.45, 2.75) is 46.1 Å². The summed E-state index contributed by atoms with van der Waals surface area (Å²) < 4.78 is 5.38. The first-order valence-corrected chi connectivity index (χ1v) is 8.52. The van der Waals surface area contributed by atoms with Gasteiger partial charge in [-0.1, -0.05) is 6.92 Å². The topological polar surface area (TPSA) is 97.0 Å². The number of aromatic amines is 1. The van der Waals surface area contributed by atoms with Gasteiger partial charge in [0.1, 0.15) is 11.4 Å². The zero-order valence-electron chi connectivity index (χ0n) is 14.8. The Labute approximate surface area is 146 Å². The number of carbonyl (C=O) groups excluding carboxylic acids is 1. The summed E-state index contributed by atoms with van der Waals surface area (Å²) in [5.41, 5.74) is 0.679. The fourth-order valence-corrected chi connectivity index (χ4v) is 2.21. The Kier molecular flexibility index (Phi) is 6.68. The summed E-state index contributed by atoms with van der Waals surface area (Å²) in [5, 5.41) is 10.9. The SMILES string of the molecule is CCOc1ccc(-c2nnc(CCC(=O)NC(C)CC)c(=O)[nH]2)cc1. The molecular formula is C18H24N4O3. The minimum atomic E-state index is -0.324. The maximum atomic E-state index is 12.2. The molecule has 0 radical (unpaired) electrons. The minimum absolute atomic E-state index is 0.0915. The molecule has 0 saturated heterocycles. The first-order chi connectivity index (χ1) is 12.0. The molecule has 1 aromatic heterocycles. The number of nitrogens with zero attached hydrogens (tertiary/aromatic N) is 2. The predicted octanol–water partition coefficient (Wildman–Crippen LogP) is 2.08. The van der Waals surface area contributed by atoms with Gasteiger partial charge in [0.25, 0.3) is 5.56 Å². The van der Waals surface area contributed by atoms with Gasteiger partial charge in [-0.2, -0.15) is 0 Å². The van der Waals surface area contributed by atoms with Gasteiger partial charge < -0.3 is 15.0 Å². The highest BCUT2D eigenvalue weighted by Crippen LogP contribution is 2.18. The van der Waals surface area contributed by atoms with Gasteiger partial charge in [0.05, 0.1) is 6.61 Å². The lowest BCUT2D eigenvalue weighted by atomic mass is 10.2. The molecule has 0 aliphatic carbocycles. The van der Waals surface area contributed by atoms with Crippen molar-refractivity contribution < 1.29 is 9.53 Å². The van der Waals surface area contributed by atoms with Crippen LogP contribution in [0, 0.1) is 0 Å². The van der Waals surface area contributed by atoms with Crippen LogP contribution in [0.15, 0.2) is 29.1 Å². The average Bonchev–Trinajstić information content (AvgIpc) is 2.61. The van der Waals surface area contributed by atoms with Crippen LogP contribution < -0.4 is 15.6 Å². The van der Waals surface area contributed by atoms with Gasteiger partial charge in [0.15, 0.2) is 5.82 Å². The third kappa shape index (κ3) is 5.41. The lowest BCUT2D eigenvalue weighted by Gasteiger charge is -2.10. The smallest absolute Gasteiger partial charge is 0.273 e. The van der Waals surface area contributed by atoms with Crippen molar-refractivity contribution in [2.75, 3.05) is 6.61 Å². The van der Waals surface area contributed by atoms with E-state index in [1.165, 1.54) is 0 Å². The van der Waals surface area contributed by atoms with Crippen LogP contribution >= 0.6 is 0 Å². The first-order valence-electron chi connectivity index (χ1n) is 8.52. The molecule has 0 spiro atoms. The number of amides is 1. The van der Waals surface area contributed by atoms with Crippen molar-refractivity contribution in [3.8, 4) is 17.1 Å². The lowest BCUT2D eigenvalue weighted by molar-refractivity contribution is -0.121. The molecule has 1 aromatic carbocycles. The second kappa shape index (κ2) is 8.96. The van der Waals surface area contributed by atoms with Crippen LogP contribution in [0.3, 0.4) is 0 Å². The highest BCUT2D eigenvalue weighted by atomic mass is 16.5. The van der Waals surface area contributed by atoms with Crippen LogP contribution in [-0.2, 0) is 11.2 Å². The van der Waals surface area contributed by atoms with Gasteiger partial charge in [-0.15, -0.1) is 10.2 Å². The minimum Gasteiger partial charge on any atom is -0.494 e. The molecule has 0 aliphatic heterocycles. The van der Waals surface area contributed by atoms with Crippen LogP contribution in [0.5, 0.6) is 5.75 Å². The van der Waals surface area contributed by atoms with Crippen LogP contribution in [-0.4, -0.2) is 33.7 Å². The number of benzene rings is 1. The Bertz CT molecular complexity index is 756. The van der Waals surface area contributed by atoms with Crippen molar-refractivity contribution in [2.24, 2.45) is 0 Å². The Morgan fingerprint density at radius 3 is 2.56 bits per heavy atom. The zero-order valence-corrected chi connectivity index (χ0v) is 14.8. The highest BCUT2D eigenvalue weighted by Gasteiger charge is 2.10. The molecular weight excluding hydrogens is 320 g/mol. The zero-order chi connectivity index (χ0) is 18.2. The van der Waals surface area contributed by atoms with Gasteiger partial charge in [-0.3, -0.25) is 9.59 Å². The summed E-state index contributed by atoms with van der Waals surface area (Å²) in [5.74, 6) is 1.05. The number of rotatable bonds is 8. The van der Waals surface area contributed by atoms with Crippen LogP contribution in [0.4, 0.5) is 0 Å². The van der Waals surface area contributed by atoms with E-state index >= 15 is 0 Å². The summed E-state index contributed by atoms with van der Waals surface area (Å²) in [7, 11) is 0. The summed E-state index contributed by atoms with van der Waals surface area (Å²) in [6, 6.07) is 7.37. The van der Waals surface area contributed by atoms with E-state index in [0.29, 0.717) is 12.4 Å². The fraction of sp³-hybridized carbons (Fsp3) is 0.444. The van der Waals surface area contributed by atoms with E-state index < -0.39 is 0 Å². The van der Waals surface area contributed by atoms with Crippen LogP contribution in [0.1, 0.15) is 39.3 Å². The van der Waals surface area contributed by atoms with Gasteiger partial charge in [0, 0.05) is 24.4 Å². The van der Waals surface area contributed by atoms with Crippen molar-refractivity contribution in [3.05, 3.63) is 40.3 Å². The van der Waals surface area contributed by atoms with Crippen LogP contribution in [0.25, 0.3) is 11.4 Å². The molecule has 2 rings (SSSR count). The van der Waals surface area contributed by atoms with Crippen molar-refractivity contribution >= 4 is 5.91 Å². The maximum Gasteiger partial charge on any atom is 0.273 e. The van der Waals surface area contributed by atoms with Crippen molar-refractivity contribution in [1.82, 2.24) is 20.5 Å².